The van der Waals surface area contributed by atoms with Gasteiger partial charge in [0.05, 0.1) is 16.5 Å². The van der Waals surface area contributed by atoms with E-state index in [1.807, 2.05) is 6.07 Å². The Morgan fingerprint density at radius 2 is 1.95 bits per heavy atom. The third-order valence-corrected chi connectivity index (χ3v) is 5.05. The molecule has 0 saturated heterocycles. The topological polar surface area (TPSA) is 73.2 Å². The Labute approximate surface area is 127 Å². The van der Waals surface area contributed by atoms with Crippen molar-refractivity contribution in [3.8, 4) is 6.07 Å². The molecule has 0 radical (unpaired) electrons. The fourth-order valence-electron chi connectivity index (χ4n) is 2.15. The molecule has 0 unspecified atom stereocenters. The van der Waals surface area contributed by atoms with Crippen LogP contribution in [0.15, 0.2) is 23.1 Å². The summed E-state index contributed by atoms with van der Waals surface area (Å²) in [6.45, 7) is 9.11. The lowest BCUT2D eigenvalue weighted by Gasteiger charge is -2.17. The van der Waals surface area contributed by atoms with Gasteiger partial charge in [0, 0.05) is 6.54 Å². The fraction of sp³-hybridized carbons (Fsp3) is 0.533. The number of sulfonamides is 1. The number of nitrogens with zero attached hydrogens (tertiary/aromatic N) is 2. The maximum Gasteiger partial charge on any atom is 0.240 e. The van der Waals surface area contributed by atoms with Crippen LogP contribution in [-0.4, -0.2) is 39.5 Å². The molecule has 0 fully saturated rings. The van der Waals surface area contributed by atoms with E-state index < -0.39 is 10.0 Å². The first-order valence-electron chi connectivity index (χ1n) is 7.17. The van der Waals surface area contributed by atoms with Crippen molar-refractivity contribution in [3.05, 3.63) is 29.3 Å². The first-order valence-corrected chi connectivity index (χ1v) is 8.65. The molecule has 0 aromatic heterocycles. The Balaban J connectivity index is 2.64. The van der Waals surface area contributed by atoms with E-state index in [0.717, 1.165) is 26.1 Å². The van der Waals surface area contributed by atoms with Gasteiger partial charge in [0.15, 0.2) is 0 Å². The zero-order valence-electron chi connectivity index (χ0n) is 12.9. The second-order valence-electron chi connectivity index (χ2n) is 4.87. The summed E-state index contributed by atoms with van der Waals surface area (Å²) in [6.07, 6.45) is 0.774. The van der Waals surface area contributed by atoms with Crippen molar-refractivity contribution in [2.75, 3.05) is 26.2 Å². The quantitative estimate of drug-likeness (QED) is 0.744. The molecule has 6 heteroatoms. The van der Waals surface area contributed by atoms with Gasteiger partial charge >= 0.3 is 0 Å². The predicted molar refractivity (Wildman–Crippen MR) is 83.5 cm³/mol. The lowest BCUT2D eigenvalue weighted by molar-refractivity contribution is 0.300. The van der Waals surface area contributed by atoms with Gasteiger partial charge in [0.2, 0.25) is 10.0 Å². The number of benzene rings is 1. The van der Waals surface area contributed by atoms with Crippen molar-refractivity contribution >= 4 is 10.0 Å². The second-order valence-corrected chi connectivity index (χ2v) is 6.61. The molecule has 5 nitrogen and oxygen atoms in total. The Morgan fingerprint density at radius 3 is 2.48 bits per heavy atom. The van der Waals surface area contributed by atoms with Crippen LogP contribution >= 0.6 is 0 Å². The van der Waals surface area contributed by atoms with Gasteiger partial charge in [-0.25, -0.2) is 13.1 Å². The second kappa shape index (κ2) is 8.13. The van der Waals surface area contributed by atoms with Gasteiger partial charge in [0.25, 0.3) is 0 Å². The van der Waals surface area contributed by atoms with Crippen LogP contribution < -0.4 is 4.72 Å². The number of nitrogens with one attached hydrogen (secondary N) is 1. The van der Waals surface area contributed by atoms with Gasteiger partial charge in [-0.2, -0.15) is 5.26 Å². The molecule has 0 atom stereocenters. The molecule has 0 bridgehead atoms. The Morgan fingerprint density at radius 1 is 1.29 bits per heavy atom. The molecule has 1 aromatic rings. The van der Waals surface area contributed by atoms with E-state index in [1.165, 1.54) is 12.1 Å². The first kappa shape index (κ1) is 17.6. The zero-order valence-corrected chi connectivity index (χ0v) is 13.7. The average molecular weight is 309 g/mol. The summed E-state index contributed by atoms with van der Waals surface area (Å²) in [6, 6.07) is 6.60. The van der Waals surface area contributed by atoms with Crippen molar-refractivity contribution in [1.29, 1.82) is 5.26 Å². The van der Waals surface area contributed by atoms with Crippen LogP contribution in [0.2, 0.25) is 0 Å². The molecule has 0 saturated carbocycles. The summed E-state index contributed by atoms with van der Waals surface area (Å²) in [7, 11) is -3.51. The van der Waals surface area contributed by atoms with E-state index in [9.17, 15) is 8.42 Å². The third kappa shape index (κ3) is 5.12. The molecule has 0 heterocycles. The predicted octanol–water partition coefficient (Wildman–Crippen LogP) is 1.88. The van der Waals surface area contributed by atoms with Crippen molar-refractivity contribution in [2.24, 2.45) is 0 Å². The molecule has 21 heavy (non-hydrogen) atoms. The Kier molecular flexibility index (Phi) is 6.82. The molecule has 1 N–H and O–H groups in total. The molecule has 0 aliphatic carbocycles. The highest BCUT2D eigenvalue weighted by molar-refractivity contribution is 7.89. The highest BCUT2D eigenvalue weighted by atomic mass is 32.2. The maximum absolute atomic E-state index is 12.2. The van der Waals surface area contributed by atoms with Crippen molar-refractivity contribution < 1.29 is 8.42 Å². The Hall–Kier alpha value is -1.42. The molecule has 116 valence electrons. The summed E-state index contributed by atoms with van der Waals surface area (Å²) in [5, 5.41) is 8.81. The fourth-order valence-corrected chi connectivity index (χ4v) is 3.45. The molecule has 1 rings (SSSR count). The summed E-state index contributed by atoms with van der Waals surface area (Å²) < 4.78 is 27.1. The van der Waals surface area contributed by atoms with E-state index in [1.54, 1.807) is 13.0 Å². The van der Waals surface area contributed by atoms with Crippen LogP contribution in [-0.2, 0) is 10.0 Å². The third-order valence-electron chi connectivity index (χ3n) is 3.43. The summed E-state index contributed by atoms with van der Waals surface area (Å²) >= 11 is 0. The monoisotopic (exact) mass is 309 g/mol. The van der Waals surface area contributed by atoms with Crippen LogP contribution in [0.5, 0.6) is 0 Å². The summed E-state index contributed by atoms with van der Waals surface area (Å²) in [5.41, 5.74) is 1.05. The van der Waals surface area contributed by atoms with Gasteiger partial charge in [-0.3, -0.25) is 0 Å². The minimum absolute atomic E-state index is 0.240. The molecule has 0 amide bonds. The van der Waals surface area contributed by atoms with Gasteiger partial charge in [0.1, 0.15) is 0 Å². The minimum Gasteiger partial charge on any atom is -0.304 e. The summed E-state index contributed by atoms with van der Waals surface area (Å²) in [5.74, 6) is 0. The van der Waals surface area contributed by atoms with E-state index >= 15 is 0 Å². The smallest absolute Gasteiger partial charge is 0.240 e. The molecule has 0 aliphatic rings. The van der Waals surface area contributed by atoms with Gasteiger partial charge in [-0.15, -0.1) is 0 Å². The van der Waals surface area contributed by atoms with Gasteiger partial charge in [-0.05, 0) is 56.7 Å². The molecular formula is C15H23N3O2S. The van der Waals surface area contributed by atoms with E-state index in [4.69, 9.17) is 5.26 Å². The normalized spacial score (nSPS) is 11.6. The lowest BCUT2D eigenvalue weighted by atomic mass is 10.2. The zero-order chi connectivity index (χ0) is 15.9. The van der Waals surface area contributed by atoms with Gasteiger partial charge < -0.3 is 4.90 Å². The number of rotatable bonds is 8. The average Bonchev–Trinajstić information content (AvgIpc) is 2.47. The molecular weight excluding hydrogens is 286 g/mol. The highest BCUT2D eigenvalue weighted by Crippen LogP contribution is 2.16. The van der Waals surface area contributed by atoms with Crippen LogP contribution in [0, 0.1) is 18.3 Å². The Bertz CT molecular complexity index is 602. The first-order chi connectivity index (χ1) is 9.94. The van der Waals surface area contributed by atoms with E-state index in [-0.39, 0.29) is 4.90 Å². The van der Waals surface area contributed by atoms with Crippen molar-refractivity contribution in [1.82, 2.24) is 9.62 Å². The van der Waals surface area contributed by atoms with Crippen LogP contribution in [0.1, 0.15) is 31.4 Å². The highest BCUT2D eigenvalue weighted by Gasteiger charge is 2.16. The van der Waals surface area contributed by atoms with Crippen LogP contribution in [0.4, 0.5) is 0 Å². The van der Waals surface area contributed by atoms with Gasteiger partial charge in [-0.1, -0.05) is 13.8 Å². The van der Waals surface area contributed by atoms with Crippen LogP contribution in [0.25, 0.3) is 0 Å². The molecule has 0 spiro atoms. The largest absolute Gasteiger partial charge is 0.304 e. The van der Waals surface area contributed by atoms with Crippen molar-refractivity contribution in [3.63, 3.8) is 0 Å². The van der Waals surface area contributed by atoms with E-state index in [2.05, 4.69) is 23.5 Å². The standard InChI is InChI=1S/C15H23N3O2S/c1-4-18(5-2)10-6-9-17-21(19,20)15-8-7-14(12-16)11-13(15)3/h7-8,11,17H,4-6,9-10H2,1-3H3. The van der Waals surface area contributed by atoms with Crippen molar-refractivity contribution in [2.45, 2.75) is 32.1 Å². The molecule has 0 aliphatic heterocycles. The number of aryl methyl sites for hydroxylation is 1. The van der Waals surface area contributed by atoms with E-state index in [0.29, 0.717) is 17.7 Å². The van der Waals surface area contributed by atoms with Crippen LogP contribution in [0.3, 0.4) is 0 Å². The number of hydrogen-bond donors (Lipinski definition) is 1. The minimum atomic E-state index is -3.51. The summed E-state index contributed by atoms with van der Waals surface area (Å²) in [4.78, 5) is 2.49. The molecule has 1 aromatic carbocycles. The maximum atomic E-state index is 12.2. The SMILES string of the molecule is CCN(CC)CCCNS(=O)(=O)c1ccc(C#N)cc1C. The number of hydrogen-bond acceptors (Lipinski definition) is 4. The number of nitriles is 1. The lowest BCUT2D eigenvalue weighted by Crippen LogP contribution is -2.30.